The summed E-state index contributed by atoms with van der Waals surface area (Å²) < 4.78 is 16.4. The van der Waals surface area contributed by atoms with Gasteiger partial charge in [-0.2, -0.15) is 0 Å². The third-order valence-corrected chi connectivity index (χ3v) is 5.01. The van der Waals surface area contributed by atoms with Gasteiger partial charge < -0.3 is 19.1 Å². The van der Waals surface area contributed by atoms with Crippen LogP contribution in [0, 0.1) is 0 Å². The minimum Gasteiger partial charge on any atom is -0.496 e. The number of amides is 1. The van der Waals surface area contributed by atoms with Crippen molar-refractivity contribution in [1.82, 2.24) is 9.80 Å². The van der Waals surface area contributed by atoms with E-state index in [4.69, 9.17) is 14.2 Å². The van der Waals surface area contributed by atoms with Crippen LogP contribution < -0.4 is 9.47 Å². The molecule has 1 heterocycles. The molecule has 0 saturated heterocycles. The molecule has 0 N–H and O–H groups in total. The quantitative estimate of drug-likeness (QED) is 0.789. The number of benzene rings is 1. The third-order valence-electron chi connectivity index (χ3n) is 5.01. The second kappa shape index (κ2) is 8.43. The Morgan fingerprint density at radius 2 is 1.88 bits per heavy atom. The molecule has 25 heavy (non-hydrogen) atoms. The summed E-state index contributed by atoms with van der Waals surface area (Å²) in [5.74, 6) is 1.72. The molecule has 1 amide bonds. The largest absolute Gasteiger partial charge is 0.496 e. The van der Waals surface area contributed by atoms with Crippen molar-refractivity contribution in [1.29, 1.82) is 0 Å². The molecule has 1 aliphatic rings. The van der Waals surface area contributed by atoms with E-state index in [1.807, 2.05) is 13.0 Å². The predicted octanol–water partition coefficient (Wildman–Crippen LogP) is 3.06. The Hall–Kier alpha value is -1.95. The van der Waals surface area contributed by atoms with Crippen molar-refractivity contribution in [2.75, 3.05) is 34.4 Å². The number of methoxy groups -OCH3 is 3. The van der Waals surface area contributed by atoms with Gasteiger partial charge in [-0.1, -0.05) is 13.8 Å². The van der Waals surface area contributed by atoms with Gasteiger partial charge in [-0.15, -0.1) is 0 Å². The van der Waals surface area contributed by atoms with Gasteiger partial charge in [-0.05, 0) is 32.5 Å². The maximum Gasteiger partial charge on any atom is 0.410 e. The van der Waals surface area contributed by atoms with E-state index in [-0.39, 0.29) is 12.1 Å². The lowest BCUT2D eigenvalue weighted by atomic mass is 9.91. The summed E-state index contributed by atoms with van der Waals surface area (Å²) in [6.07, 6.45) is 0.405. The Kier molecular flexibility index (Phi) is 6.53. The zero-order valence-electron chi connectivity index (χ0n) is 16.2. The number of fused-ring (bicyclic) bond motifs is 1. The smallest absolute Gasteiger partial charge is 0.410 e. The Bertz CT molecular complexity index is 614. The molecule has 2 rings (SSSR count). The average Bonchev–Trinajstić information content (AvgIpc) is 2.63. The first-order valence-electron chi connectivity index (χ1n) is 8.83. The van der Waals surface area contributed by atoms with Gasteiger partial charge in [-0.3, -0.25) is 4.90 Å². The number of nitrogens with zero attached hydrogens (tertiary/aromatic N) is 2. The summed E-state index contributed by atoms with van der Waals surface area (Å²) in [7, 11) is 4.80. The number of carbonyl (C=O) groups is 1. The average molecular weight is 350 g/mol. The molecule has 6 nitrogen and oxygen atoms in total. The lowest BCUT2D eigenvalue weighted by Gasteiger charge is -2.36. The maximum absolute atomic E-state index is 12.1. The van der Waals surface area contributed by atoms with Crippen molar-refractivity contribution < 1.29 is 19.0 Å². The van der Waals surface area contributed by atoms with Crippen molar-refractivity contribution in [2.45, 2.75) is 46.3 Å². The summed E-state index contributed by atoms with van der Waals surface area (Å²) in [6.45, 7) is 9.58. The lowest BCUT2D eigenvalue weighted by Crippen LogP contribution is -2.42. The number of rotatable bonds is 6. The highest BCUT2D eigenvalue weighted by molar-refractivity contribution is 5.69. The first-order valence-corrected chi connectivity index (χ1v) is 8.83. The topological polar surface area (TPSA) is 51.2 Å². The Morgan fingerprint density at radius 1 is 1.20 bits per heavy atom. The Labute approximate surface area is 150 Å². The fourth-order valence-electron chi connectivity index (χ4n) is 3.52. The van der Waals surface area contributed by atoms with Crippen LogP contribution in [0.15, 0.2) is 6.07 Å². The summed E-state index contributed by atoms with van der Waals surface area (Å²) in [5.41, 5.74) is 3.27. The highest BCUT2D eigenvalue weighted by Crippen LogP contribution is 2.40. The number of ether oxygens (including phenoxy) is 3. The van der Waals surface area contributed by atoms with Crippen LogP contribution in [0.25, 0.3) is 0 Å². The standard InChI is InChI=1S/C19H30N2O4/c1-7-20(8-2)11-14-10-17(23-4)16-12-21(19(22)25-6)13(3)9-15(16)18(14)24-5/h10,13H,7-9,11-12H2,1-6H3. The van der Waals surface area contributed by atoms with Crippen LogP contribution in [0.2, 0.25) is 0 Å². The summed E-state index contributed by atoms with van der Waals surface area (Å²) >= 11 is 0. The summed E-state index contributed by atoms with van der Waals surface area (Å²) in [4.78, 5) is 16.1. The molecule has 0 radical (unpaired) electrons. The molecule has 0 fully saturated rings. The van der Waals surface area contributed by atoms with Crippen LogP contribution in [-0.4, -0.2) is 56.4 Å². The fraction of sp³-hybridized carbons (Fsp3) is 0.632. The second-order valence-corrected chi connectivity index (χ2v) is 6.34. The van der Waals surface area contributed by atoms with Crippen LogP contribution >= 0.6 is 0 Å². The van der Waals surface area contributed by atoms with Gasteiger partial charge in [0.05, 0.1) is 27.9 Å². The molecule has 140 valence electrons. The number of carbonyl (C=O) groups excluding carboxylic acids is 1. The predicted molar refractivity (Wildman–Crippen MR) is 97.3 cm³/mol. The second-order valence-electron chi connectivity index (χ2n) is 6.34. The third kappa shape index (κ3) is 3.84. The monoisotopic (exact) mass is 350 g/mol. The van der Waals surface area contributed by atoms with Crippen molar-refractivity contribution in [3.63, 3.8) is 0 Å². The minimum atomic E-state index is -0.314. The van der Waals surface area contributed by atoms with Crippen LogP contribution in [0.4, 0.5) is 4.79 Å². The molecular weight excluding hydrogens is 320 g/mol. The number of hydrogen-bond acceptors (Lipinski definition) is 5. The van der Waals surface area contributed by atoms with Gasteiger partial charge in [0.2, 0.25) is 0 Å². The zero-order chi connectivity index (χ0) is 18.6. The van der Waals surface area contributed by atoms with E-state index >= 15 is 0 Å². The van der Waals surface area contributed by atoms with Crippen LogP contribution in [0.5, 0.6) is 11.5 Å². The summed E-state index contributed by atoms with van der Waals surface area (Å²) in [5, 5.41) is 0. The van der Waals surface area contributed by atoms with E-state index in [1.165, 1.54) is 7.11 Å². The highest BCUT2D eigenvalue weighted by Gasteiger charge is 2.32. The summed E-state index contributed by atoms with van der Waals surface area (Å²) in [6, 6.07) is 2.09. The van der Waals surface area contributed by atoms with E-state index in [0.717, 1.165) is 54.2 Å². The molecule has 1 atom stereocenters. The van der Waals surface area contributed by atoms with Crippen molar-refractivity contribution in [2.24, 2.45) is 0 Å². The van der Waals surface area contributed by atoms with Gasteiger partial charge >= 0.3 is 6.09 Å². The van der Waals surface area contributed by atoms with Crippen LogP contribution in [-0.2, 0) is 24.2 Å². The molecular formula is C19H30N2O4. The van der Waals surface area contributed by atoms with E-state index in [0.29, 0.717) is 6.54 Å². The zero-order valence-corrected chi connectivity index (χ0v) is 16.2. The Morgan fingerprint density at radius 3 is 2.40 bits per heavy atom. The molecule has 0 bridgehead atoms. The Balaban J connectivity index is 2.50. The van der Waals surface area contributed by atoms with Gasteiger partial charge in [0, 0.05) is 29.3 Å². The van der Waals surface area contributed by atoms with Crippen molar-refractivity contribution in [3.05, 3.63) is 22.8 Å². The molecule has 0 aromatic heterocycles. The molecule has 0 saturated carbocycles. The van der Waals surface area contributed by atoms with E-state index in [1.54, 1.807) is 19.1 Å². The molecule has 1 unspecified atom stereocenters. The minimum absolute atomic E-state index is 0.0438. The van der Waals surface area contributed by atoms with Crippen LogP contribution in [0.3, 0.4) is 0 Å². The molecule has 1 aliphatic heterocycles. The molecule has 0 aliphatic carbocycles. The maximum atomic E-state index is 12.1. The van der Waals surface area contributed by atoms with Gasteiger partial charge in [0.25, 0.3) is 0 Å². The fourth-order valence-corrected chi connectivity index (χ4v) is 3.52. The van der Waals surface area contributed by atoms with Crippen LogP contribution in [0.1, 0.15) is 37.5 Å². The first kappa shape index (κ1) is 19.4. The van der Waals surface area contributed by atoms with Gasteiger partial charge in [0.15, 0.2) is 0 Å². The molecule has 0 spiro atoms. The highest BCUT2D eigenvalue weighted by atomic mass is 16.5. The van der Waals surface area contributed by atoms with Gasteiger partial charge in [0.1, 0.15) is 11.5 Å². The first-order chi connectivity index (χ1) is 12.0. The normalized spacial score (nSPS) is 16.6. The van der Waals surface area contributed by atoms with E-state index < -0.39 is 0 Å². The molecule has 1 aromatic carbocycles. The number of hydrogen-bond donors (Lipinski definition) is 0. The molecule has 6 heteroatoms. The van der Waals surface area contributed by atoms with E-state index in [2.05, 4.69) is 18.7 Å². The lowest BCUT2D eigenvalue weighted by molar-refractivity contribution is 0.0993. The van der Waals surface area contributed by atoms with Gasteiger partial charge in [-0.25, -0.2) is 4.79 Å². The molecule has 1 aromatic rings. The van der Waals surface area contributed by atoms with Crippen molar-refractivity contribution >= 4 is 6.09 Å². The SMILES string of the molecule is CCN(CC)Cc1cc(OC)c2c(c1OC)CC(C)N(C(=O)OC)C2. The van der Waals surface area contributed by atoms with Crippen molar-refractivity contribution in [3.8, 4) is 11.5 Å². The van der Waals surface area contributed by atoms with E-state index in [9.17, 15) is 4.79 Å².